The Morgan fingerprint density at radius 1 is 1.10 bits per heavy atom. The Balaban J connectivity index is 1.48. The summed E-state index contributed by atoms with van der Waals surface area (Å²) < 4.78 is 7.57. The monoisotopic (exact) mass is 406 g/mol. The molecule has 0 aliphatic heterocycles. The summed E-state index contributed by atoms with van der Waals surface area (Å²) in [6.45, 7) is 8.87. The molecule has 0 aliphatic rings. The summed E-state index contributed by atoms with van der Waals surface area (Å²) in [5.41, 5.74) is 3.10. The Labute approximate surface area is 178 Å². The predicted octanol–water partition coefficient (Wildman–Crippen LogP) is 3.41. The van der Waals surface area contributed by atoms with Crippen molar-refractivity contribution in [3.8, 4) is 11.6 Å². The zero-order valence-corrected chi connectivity index (χ0v) is 17.9. The van der Waals surface area contributed by atoms with Crippen LogP contribution in [0.2, 0.25) is 0 Å². The number of aromatic nitrogens is 3. The molecule has 0 radical (unpaired) electrons. The van der Waals surface area contributed by atoms with Gasteiger partial charge in [-0.1, -0.05) is 24.3 Å². The van der Waals surface area contributed by atoms with Crippen LogP contribution in [0, 0.1) is 13.8 Å². The number of hydrogen-bond donors (Lipinski definition) is 2. The molecule has 0 atom stereocenters. The van der Waals surface area contributed by atoms with Gasteiger partial charge in [0.1, 0.15) is 5.75 Å². The van der Waals surface area contributed by atoms with Crippen molar-refractivity contribution in [1.82, 2.24) is 25.4 Å². The van der Waals surface area contributed by atoms with Crippen LogP contribution in [0.3, 0.4) is 0 Å². The second-order valence-corrected chi connectivity index (χ2v) is 7.00. The van der Waals surface area contributed by atoms with Crippen molar-refractivity contribution in [1.29, 1.82) is 0 Å². The highest BCUT2D eigenvalue weighted by Crippen LogP contribution is 2.11. The zero-order valence-electron chi connectivity index (χ0n) is 17.9. The van der Waals surface area contributed by atoms with E-state index >= 15 is 0 Å². The number of nitrogens with one attached hydrogen (secondary N) is 2. The molecule has 0 spiro atoms. The highest BCUT2D eigenvalue weighted by atomic mass is 16.5. The van der Waals surface area contributed by atoms with Gasteiger partial charge in [-0.3, -0.25) is 0 Å². The molecule has 2 heterocycles. The molecule has 3 aromatic rings. The first-order valence-electron chi connectivity index (χ1n) is 10.3. The minimum atomic E-state index is 0.556. The van der Waals surface area contributed by atoms with E-state index in [2.05, 4.69) is 32.6 Å². The third-order valence-electron chi connectivity index (χ3n) is 4.43. The molecule has 0 saturated carbocycles. The number of rotatable bonds is 9. The molecule has 2 aromatic heterocycles. The van der Waals surface area contributed by atoms with Crippen LogP contribution >= 0.6 is 0 Å². The molecule has 7 nitrogen and oxygen atoms in total. The van der Waals surface area contributed by atoms with Crippen molar-refractivity contribution >= 4 is 5.96 Å². The average molecular weight is 407 g/mol. The molecule has 30 heavy (non-hydrogen) atoms. The van der Waals surface area contributed by atoms with Crippen LogP contribution in [0.15, 0.2) is 59.7 Å². The Hall–Kier alpha value is -3.35. The molecule has 0 aliphatic carbocycles. The van der Waals surface area contributed by atoms with Gasteiger partial charge >= 0.3 is 0 Å². The highest BCUT2D eigenvalue weighted by molar-refractivity contribution is 5.79. The number of hydrogen-bond acceptors (Lipinski definition) is 4. The summed E-state index contributed by atoms with van der Waals surface area (Å²) >= 11 is 0. The Bertz CT molecular complexity index is 934. The van der Waals surface area contributed by atoms with Gasteiger partial charge in [0.15, 0.2) is 11.8 Å². The number of guanidine groups is 1. The van der Waals surface area contributed by atoms with E-state index in [0.29, 0.717) is 13.2 Å². The molecular weight excluding hydrogens is 376 g/mol. The molecular formula is C23H30N6O. The summed E-state index contributed by atoms with van der Waals surface area (Å²) in [6.07, 6.45) is 2.74. The number of para-hydroxylation sites is 1. The first-order valence-corrected chi connectivity index (χ1v) is 10.3. The minimum absolute atomic E-state index is 0.556. The van der Waals surface area contributed by atoms with Gasteiger partial charge in [-0.05, 0) is 57.0 Å². The molecule has 3 rings (SSSR count). The van der Waals surface area contributed by atoms with Gasteiger partial charge < -0.3 is 15.4 Å². The molecule has 0 fully saturated rings. The highest BCUT2D eigenvalue weighted by Gasteiger charge is 2.05. The molecule has 0 saturated heterocycles. The maximum atomic E-state index is 5.72. The third kappa shape index (κ3) is 6.34. The van der Waals surface area contributed by atoms with Gasteiger partial charge in [0.2, 0.25) is 0 Å². The Morgan fingerprint density at radius 2 is 1.93 bits per heavy atom. The van der Waals surface area contributed by atoms with Crippen molar-refractivity contribution < 1.29 is 4.74 Å². The van der Waals surface area contributed by atoms with Gasteiger partial charge in [0.25, 0.3) is 0 Å². The quantitative estimate of drug-likeness (QED) is 0.324. The number of benzene rings is 1. The van der Waals surface area contributed by atoms with Crippen molar-refractivity contribution in [2.45, 2.75) is 33.7 Å². The van der Waals surface area contributed by atoms with Crippen LogP contribution in [0.5, 0.6) is 5.75 Å². The van der Waals surface area contributed by atoms with Crippen LogP contribution in [-0.4, -0.2) is 40.4 Å². The fourth-order valence-electron chi connectivity index (χ4n) is 2.99. The number of pyridine rings is 1. The molecule has 0 bridgehead atoms. The molecule has 1 aromatic carbocycles. The minimum Gasteiger partial charge on any atom is -0.494 e. The SMILES string of the molecule is CCNC(=NCc1ccc(-n2nc(C)cc2C)nc1)NCCCOc1ccccc1. The van der Waals surface area contributed by atoms with Gasteiger partial charge in [0, 0.05) is 25.0 Å². The van der Waals surface area contributed by atoms with Crippen molar-refractivity contribution in [2.75, 3.05) is 19.7 Å². The normalized spacial score (nSPS) is 11.4. The lowest BCUT2D eigenvalue weighted by Gasteiger charge is -2.12. The molecule has 0 unspecified atom stereocenters. The second-order valence-electron chi connectivity index (χ2n) is 7.00. The maximum absolute atomic E-state index is 5.72. The number of ether oxygens (including phenoxy) is 1. The van der Waals surface area contributed by atoms with E-state index in [9.17, 15) is 0 Å². The van der Waals surface area contributed by atoms with Crippen LogP contribution < -0.4 is 15.4 Å². The van der Waals surface area contributed by atoms with Gasteiger partial charge in [-0.25, -0.2) is 14.7 Å². The van der Waals surface area contributed by atoms with Gasteiger partial charge in [0.05, 0.1) is 18.8 Å². The second kappa shape index (κ2) is 11.0. The first kappa shape index (κ1) is 21.4. The topological polar surface area (TPSA) is 76.4 Å². The smallest absolute Gasteiger partial charge is 0.191 e. The van der Waals surface area contributed by atoms with Gasteiger partial charge in [-0.15, -0.1) is 0 Å². The number of aryl methyl sites for hydroxylation is 2. The standard InChI is InChI=1S/C23H30N6O/c1-4-24-23(25-13-8-14-30-21-9-6-5-7-10-21)27-17-20-11-12-22(26-16-20)29-19(3)15-18(2)28-29/h5-7,9-12,15-16H,4,8,13-14,17H2,1-3H3,(H2,24,25,27). The molecule has 158 valence electrons. The van der Waals surface area contributed by atoms with E-state index in [4.69, 9.17) is 4.74 Å². The zero-order chi connectivity index (χ0) is 21.2. The van der Waals surface area contributed by atoms with Crippen LogP contribution in [0.1, 0.15) is 30.3 Å². The van der Waals surface area contributed by atoms with E-state index in [1.807, 2.05) is 73.3 Å². The van der Waals surface area contributed by atoms with Crippen molar-refractivity contribution in [3.05, 3.63) is 71.7 Å². The maximum Gasteiger partial charge on any atom is 0.191 e. The lowest BCUT2D eigenvalue weighted by molar-refractivity contribution is 0.311. The third-order valence-corrected chi connectivity index (χ3v) is 4.43. The van der Waals surface area contributed by atoms with Crippen LogP contribution in [0.25, 0.3) is 5.82 Å². The fraction of sp³-hybridized carbons (Fsp3) is 0.348. The van der Waals surface area contributed by atoms with E-state index in [-0.39, 0.29) is 0 Å². The van der Waals surface area contributed by atoms with E-state index in [1.165, 1.54) is 0 Å². The summed E-state index contributed by atoms with van der Waals surface area (Å²) in [6, 6.07) is 15.9. The summed E-state index contributed by atoms with van der Waals surface area (Å²) in [5.74, 6) is 2.51. The summed E-state index contributed by atoms with van der Waals surface area (Å²) in [5, 5.41) is 11.1. The van der Waals surface area contributed by atoms with Crippen molar-refractivity contribution in [3.63, 3.8) is 0 Å². The molecule has 0 amide bonds. The lowest BCUT2D eigenvalue weighted by Crippen LogP contribution is -2.38. The summed E-state index contributed by atoms with van der Waals surface area (Å²) in [4.78, 5) is 9.19. The summed E-state index contributed by atoms with van der Waals surface area (Å²) in [7, 11) is 0. The number of aliphatic imine (C=N–C) groups is 1. The Morgan fingerprint density at radius 3 is 2.60 bits per heavy atom. The predicted molar refractivity (Wildman–Crippen MR) is 120 cm³/mol. The Kier molecular flexibility index (Phi) is 7.83. The molecule has 7 heteroatoms. The first-order chi connectivity index (χ1) is 14.7. The lowest BCUT2D eigenvalue weighted by atomic mass is 10.3. The average Bonchev–Trinajstić information content (AvgIpc) is 3.10. The van der Waals surface area contributed by atoms with E-state index in [0.717, 1.165) is 54.0 Å². The van der Waals surface area contributed by atoms with Crippen LogP contribution in [0.4, 0.5) is 0 Å². The van der Waals surface area contributed by atoms with Gasteiger partial charge in [-0.2, -0.15) is 5.10 Å². The van der Waals surface area contributed by atoms with Crippen LogP contribution in [-0.2, 0) is 6.54 Å². The van der Waals surface area contributed by atoms with E-state index < -0.39 is 0 Å². The van der Waals surface area contributed by atoms with E-state index in [1.54, 1.807) is 0 Å². The number of nitrogens with zero attached hydrogens (tertiary/aromatic N) is 4. The molecule has 2 N–H and O–H groups in total. The van der Waals surface area contributed by atoms with Crippen molar-refractivity contribution in [2.24, 2.45) is 4.99 Å². The largest absolute Gasteiger partial charge is 0.494 e. The fourth-order valence-corrected chi connectivity index (χ4v) is 2.99.